The van der Waals surface area contributed by atoms with E-state index in [0.717, 1.165) is 16.5 Å². The quantitative estimate of drug-likeness (QED) is 0.733. The Kier molecular flexibility index (Phi) is 2.85. The molecule has 0 fully saturated rings. The molecule has 3 N–H and O–H groups in total. The Morgan fingerprint density at radius 2 is 1.58 bits per heavy atom. The highest BCUT2D eigenvalue weighted by Gasteiger charge is 2.16. The van der Waals surface area contributed by atoms with Gasteiger partial charge in [0.25, 0.3) is 0 Å². The number of nitrogens with two attached hydrogens (primary N) is 1. The number of para-hydroxylation sites is 1. The van der Waals surface area contributed by atoms with Gasteiger partial charge < -0.3 is 10.8 Å². The van der Waals surface area contributed by atoms with E-state index in [-0.39, 0.29) is 0 Å². The molecule has 0 radical (unpaired) electrons. The molecule has 0 spiro atoms. The third-order valence-electron chi connectivity index (χ3n) is 3.12. The van der Waals surface area contributed by atoms with E-state index in [1.54, 1.807) is 24.5 Å². The van der Waals surface area contributed by atoms with Gasteiger partial charge in [-0.25, -0.2) is 4.98 Å². The van der Waals surface area contributed by atoms with E-state index in [2.05, 4.69) is 9.97 Å². The average Bonchev–Trinajstić information content (AvgIpc) is 2.46. The van der Waals surface area contributed by atoms with E-state index in [4.69, 9.17) is 5.73 Å². The first-order chi connectivity index (χ1) is 9.27. The molecule has 0 aliphatic rings. The molecule has 0 saturated heterocycles. The second-order valence-electron chi connectivity index (χ2n) is 4.30. The Bertz CT molecular complexity index is 722. The molecular formula is C15H13N3O. The SMILES string of the molecule is Nc1ncccc1C(O)c1cccc2cccnc12. The summed E-state index contributed by atoms with van der Waals surface area (Å²) >= 11 is 0. The molecule has 0 amide bonds. The van der Waals surface area contributed by atoms with E-state index in [9.17, 15) is 5.11 Å². The van der Waals surface area contributed by atoms with Crippen molar-refractivity contribution in [1.82, 2.24) is 9.97 Å². The highest BCUT2D eigenvalue weighted by Crippen LogP contribution is 2.29. The van der Waals surface area contributed by atoms with Gasteiger partial charge in [0.2, 0.25) is 0 Å². The topological polar surface area (TPSA) is 72.0 Å². The molecule has 1 unspecified atom stereocenters. The van der Waals surface area contributed by atoms with Crippen molar-refractivity contribution in [3.63, 3.8) is 0 Å². The number of aromatic nitrogens is 2. The van der Waals surface area contributed by atoms with Gasteiger partial charge in [-0.2, -0.15) is 0 Å². The van der Waals surface area contributed by atoms with Crippen molar-refractivity contribution >= 4 is 16.7 Å². The van der Waals surface area contributed by atoms with E-state index in [0.29, 0.717) is 11.4 Å². The van der Waals surface area contributed by atoms with Gasteiger partial charge in [-0.15, -0.1) is 0 Å². The Morgan fingerprint density at radius 3 is 2.42 bits per heavy atom. The van der Waals surface area contributed by atoms with Crippen LogP contribution in [0.3, 0.4) is 0 Å². The molecule has 4 heteroatoms. The molecule has 0 saturated carbocycles. The maximum absolute atomic E-state index is 10.5. The van der Waals surface area contributed by atoms with Gasteiger partial charge in [0.15, 0.2) is 0 Å². The van der Waals surface area contributed by atoms with Crippen LogP contribution >= 0.6 is 0 Å². The fourth-order valence-corrected chi connectivity index (χ4v) is 2.18. The molecule has 3 rings (SSSR count). The molecule has 19 heavy (non-hydrogen) atoms. The predicted molar refractivity (Wildman–Crippen MR) is 74.5 cm³/mol. The molecule has 0 aliphatic heterocycles. The molecule has 1 atom stereocenters. The van der Waals surface area contributed by atoms with Gasteiger partial charge >= 0.3 is 0 Å². The van der Waals surface area contributed by atoms with Crippen LogP contribution in [0.25, 0.3) is 10.9 Å². The molecule has 2 aromatic heterocycles. The summed E-state index contributed by atoms with van der Waals surface area (Å²) in [5.41, 5.74) is 7.92. The lowest BCUT2D eigenvalue weighted by Gasteiger charge is -2.14. The van der Waals surface area contributed by atoms with E-state index >= 15 is 0 Å². The number of nitrogens with zero attached hydrogens (tertiary/aromatic N) is 2. The lowest BCUT2D eigenvalue weighted by molar-refractivity contribution is 0.222. The third kappa shape index (κ3) is 2.02. The number of aliphatic hydroxyl groups excluding tert-OH is 1. The maximum Gasteiger partial charge on any atom is 0.129 e. The Hall–Kier alpha value is -2.46. The van der Waals surface area contributed by atoms with Crippen molar-refractivity contribution in [3.05, 3.63) is 66.0 Å². The van der Waals surface area contributed by atoms with Gasteiger partial charge in [-0.3, -0.25) is 4.98 Å². The zero-order valence-corrected chi connectivity index (χ0v) is 10.2. The number of benzene rings is 1. The molecule has 4 nitrogen and oxygen atoms in total. The Morgan fingerprint density at radius 1 is 0.895 bits per heavy atom. The van der Waals surface area contributed by atoms with Crippen LogP contribution in [0.4, 0.5) is 5.82 Å². The summed E-state index contributed by atoms with van der Waals surface area (Å²) in [5, 5.41) is 11.5. The summed E-state index contributed by atoms with van der Waals surface area (Å²) in [7, 11) is 0. The molecular weight excluding hydrogens is 238 g/mol. The standard InChI is InChI=1S/C15H13N3O/c16-15-12(7-3-9-18-15)14(19)11-6-1-4-10-5-2-8-17-13(10)11/h1-9,14,19H,(H2,16,18). The van der Waals surface area contributed by atoms with Crippen LogP contribution < -0.4 is 5.73 Å². The predicted octanol–water partition coefficient (Wildman–Crippen LogP) is 2.29. The highest BCUT2D eigenvalue weighted by molar-refractivity contribution is 5.82. The Balaban J connectivity index is 2.17. The second-order valence-corrected chi connectivity index (χ2v) is 4.30. The number of pyridine rings is 2. The Labute approximate surface area is 110 Å². The summed E-state index contributed by atoms with van der Waals surface area (Å²) in [6.07, 6.45) is 2.49. The first kappa shape index (κ1) is 11.6. The van der Waals surface area contributed by atoms with E-state index < -0.39 is 6.10 Å². The first-order valence-electron chi connectivity index (χ1n) is 5.99. The average molecular weight is 251 g/mol. The van der Waals surface area contributed by atoms with E-state index in [1.807, 2.05) is 30.3 Å². The number of aliphatic hydroxyl groups is 1. The smallest absolute Gasteiger partial charge is 0.129 e. The van der Waals surface area contributed by atoms with Crippen molar-refractivity contribution in [2.75, 3.05) is 5.73 Å². The zero-order chi connectivity index (χ0) is 13.2. The van der Waals surface area contributed by atoms with Crippen molar-refractivity contribution in [3.8, 4) is 0 Å². The highest BCUT2D eigenvalue weighted by atomic mass is 16.3. The number of fused-ring (bicyclic) bond motifs is 1. The molecule has 0 bridgehead atoms. The summed E-state index contributed by atoms with van der Waals surface area (Å²) in [5.74, 6) is 0.336. The van der Waals surface area contributed by atoms with Crippen molar-refractivity contribution < 1.29 is 5.11 Å². The van der Waals surface area contributed by atoms with Crippen LogP contribution in [-0.2, 0) is 0 Å². The van der Waals surface area contributed by atoms with Gasteiger partial charge in [0, 0.05) is 28.9 Å². The second kappa shape index (κ2) is 4.66. The summed E-state index contributed by atoms with van der Waals surface area (Å²) in [4.78, 5) is 8.34. The van der Waals surface area contributed by atoms with Crippen LogP contribution in [0.2, 0.25) is 0 Å². The summed E-state index contributed by atoms with van der Waals surface area (Å²) < 4.78 is 0. The number of anilines is 1. The lowest BCUT2D eigenvalue weighted by atomic mass is 9.99. The molecule has 0 aliphatic carbocycles. The minimum Gasteiger partial charge on any atom is -0.383 e. The first-order valence-corrected chi connectivity index (χ1v) is 5.99. The fourth-order valence-electron chi connectivity index (χ4n) is 2.18. The summed E-state index contributed by atoms with van der Waals surface area (Å²) in [6, 6.07) is 13.1. The van der Waals surface area contributed by atoms with E-state index in [1.165, 1.54) is 0 Å². The van der Waals surface area contributed by atoms with Crippen LogP contribution in [0, 0.1) is 0 Å². The third-order valence-corrected chi connectivity index (χ3v) is 3.12. The molecule has 2 heterocycles. The number of rotatable bonds is 2. The van der Waals surface area contributed by atoms with Crippen LogP contribution in [-0.4, -0.2) is 15.1 Å². The van der Waals surface area contributed by atoms with Gasteiger partial charge in [0.05, 0.1) is 5.52 Å². The lowest BCUT2D eigenvalue weighted by Crippen LogP contribution is -2.06. The fraction of sp³-hybridized carbons (Fsp3) is 0.0667. The largest absolute Gasteiger partial charge is 0.383 e. The maximum atomic E-state index is 10.5. The number of hydrogen-bond donors (Lipinski definition) is 2. The van der Waals surface area contributed by atoms with Crippen LogP contribution in [0.1, 0.15) is 17.2 Å². The number of hydrogen-bond acceptors (Lipinski definition) is 4. The molecule has 3 aromatic rings. The van der Waals surface area contributed by atoms with Crippen molar-refractivity contribution in [2.45, 2.75) is 6.10 Å². The minimum absolute atomic E-state index is 0.336. The van der Waals surface area contributed by atoms with Crippen molar-refractivity contribution in [2.24, 2.45) is 0 Å². The van der Waals surface area contributed by atoms with Gasteiger partial charge in [-0.05, 0) is 12.1 Å². The monoisotopic (exact) mass is 251 g/mol. The van der Waals surface area contributed by atoms with Crippen molar-refractivity contribution in [1.29, 1.82) is 0 Å². The van der Waals surface area contributed by atoms with Gasteiger partial charge in [-0.1, -0.05) is 30.3 Å². The van der Waals surface area contributed by atoms with Crippen LogP contribution in [0.15, 0.2) is 54.9 Å². The minimum atomic E-state index is -0.827. The molecule has 94 valence electrons. The zero-order valence-electron chi connectivity index (χ0n) is 10.2. The number of nitrogen functional groups attached to an aromatic ring is 1. The van der Waals surface area contributed by atoms with Crippen LogP contribution in [0.5, 0.6) is 0 Å². The van der Waals surface area contributed by atoms with Gasteiger partial charge in [0.1, 0.15) is 11.9 Å². The summed E-state index contributed by atoms with van der Waals surface area (Å²) in [6.45, 7) is 0. The molecule has 1 aromatic carbocycles. The normalized spacial score (nSPS) is 12.5.